The van der Waals surface area contributed by atoms with E-state index in [1.165, 1.54) is 12.8 Å². The Morgan fingerprint density at radius 3 is 3.04 bits per heavy atom. The summed E-state index contributed by atoms with van der Waals surface area (Å²) in [6.45, 7) is 4.31. The van der Waals surface area contributed by atoms with E-state index in [4.69, 9.17) is 4.74 Å². The Morgan fingerprint density at radius 2 is 2.20 bits per heavy atom. The zero-order valence-corrected chi connectivity index (χ0v) is 14.3. The Morgan fingerprint density at radius 1 is 1.36 bits per heavy atom. The van der Waals surface area contributed by atoms with E-state index in [0.717, 1.165) is 17.9 Å². The van der Waals surface area contributed by atoms with Gasteiger partial charge in [0.15, 0.2) is 0 Å². The molecular weight excluding hydrogens is 318 g/mol. The Balaban J connectivity index is 1.38. The number of para-hydroxylation sites is 1. The van der Waals surface area contributed by atoms with Crippen LogP contribution in [0.5, 0.6) is 0 Å². The normalized spacial score (nSPS) is 24.7. The van der Waals surface area contributed by atoms with Crippen molar-refractivity contribution >= 4 is 5.91 Å². The van der Waals surface area contributed by atoms with Crippen LogP contribution in [-0.4, -0.2) is 57.6 Å². The molecule has 7 nitrogen and oxygen atoms in total. The maximum absolute atomic E-state index is 12.5. The number of ether oxygens (including phenoxy) is 1. The molecule has 3 atom stereocenters. The minimum absolute atomic E-state index is 0.0767. The highest BCUT2D eigenvalue weighted by Crippen LogP contribution is 2.23. The van der Waals surface area contributed by atoms with Gasteiger partial charge in [0.25, 0.3) is 5.91 Å². The van der Waals surface area contributed by atoms with Crippen LogP contribution in [-0.2, 0) is 9.53 Å². The highest BCUT2D eigenvalue weighted by atomic mass is 16.5. The van der Waals surface area contributed by atoms with Gasteiger partial charge in [-0.15, -0.1) is 5.10 Å². The first kappa shape index (κ1) is 16.2. The van der Waals surface area contributed by atoms with E-state index in [2.05, 4.69) is 20.5 Å². The van der Waals surface area contributed by atoms with Gasteiger partial charge in [0, 0.05) is 12.6 Å². The molecule has 0 bridgehead atoms. The second-order valence-electron chi connectivity index (χ2n) is 6.77. The lowest BCUT2D eigenvalue weighted by molar-refractivity contribution is -0.141. The van der Waals surface area contributed by atoms with Gasteiger partial charge in [-0.3, -0.25) is 9.69 Å². The summed E-state index contributed by atoms with van der Waals surface area (Å²) in [5, 5.41) is 11.3. The summed E-state index contributed by atoms with van der Waals surface area (Å²) in [4.78, 5) is 14.9. The molecule has 4 rings (SSSR count). The largest absolute Gasteiger partial charge is 0.365 e. The number of aromatic nitrogens is 3. The van der Waals surface area contributed by atoms with Crippen molar-refractivity contribution in [3.05, 3.63) is 42.2 Å². The number of nitrogens with zero attached hydrogens (tertiary/aromatic N) is 4. The number of hydrogen-bond acceptors (Lipinski definition) is 5. The molecule has 0 spiro atoms. The lowest BCUT2D eigenvalue weighted by Gasteiger charge is -2.34. The molecule has 1 aromatic heterocycles. The molecule has 25 heavy (non-hydrogen) atoms. The number of carbonyl (C=O) groups excluding carboxylic acids is 1. The van der Waals surface area contributed by atoms with Crippen LogP contribution in [0.2, 0.25) is 0 Å². The van der Waals surface area contributed by atoms with Crippen molar-refractivity contribution in [3.8, 4) is 5.69 Å². The van der Waals surface area contributed by atoms with Crippen molar-refractivity contribution in [1.29, 1.82) is 0 Å². The molecule has 2 fully saturated rings. The predicted molar refractivity (Wildman–Crippen MR) is 92.3 cm³/mol. The first-order chi connectivity index (χ1) is 12.2. The summed E-state index contributed by atoms with van der Waals surface area (Å²) >= 11 is 0. The minimum atomic E-state index is -0.402. The number of hydrogen-bond donors (Lipinski definition) is 1. The van der Waals surface area contributed by atoms with Crippen molar-refractivity contribution in [3.63, 3.8) is 0 Å². The van der Waals surface area contributed by atoms with E-state index in [0.29, 0.717) is 19.2 Å². The van der Waals surface area contributed by atoms with Gasteiger partial charge < -0.3 is 10.1 Å². The zero-order chi connectivity index (χ0) is 17.2. The first-order valence-corrected chi connectivity index (χ1v) is 8.84. The van der Waals surface area contributed by atoms with Gasteiger partial charge in [0.05, 0.1) is 24.5 Å². The third-order valence-electron chi connectivity index (χ3n) is 5.02. The summed E-state index contributed by atoms with van der Waals surface area (Å²) < 4.78 is 7.48. The molecular formula is C18H23N5O2. The third-order valence-corrected chi connectivity index (χ3v) is 5.02. The SMILES string of the molecule is CC(NC(=O)[C@H]1CN2CCC[C@H]2CO1)c1cn(-c2ccccc2)nn1. The van der Waals surface area contributed by atoms with Crippen molar-refractivity contribution in [2.45, 2.75) is 38.0 Å². The van der Waals surface area contributed by atoms with Gasteiger partial charge in [0.2, 0.25) is 0 Å². The molecule has 2 aromatic rings. The second-order valence-corrected chi connectivity index (χ2v) is 6.77. The van der Waals surface area contributed by atoms with Gasteiger partial charge >= 0.3 is 0 Å². The van der Waals surface area contributed by atoms with Crippen molar-refractivity contribution < 1.29 is 9.53 Å². The number of benzene rings is 1. The van der Waals surface area contributed by atoms with Crippen LogP contribution in [0.15, 0.2) is 36.5 Å². The molecule has 1 N–H and O–H groups in total. The molecule has 132 valence electrons. The minimum Gasteiger partial charge on any atom is -0.365 e. The molecule has 0 saturated carbocycles. The van der Waals surface area contributed by atoms with E-state index in [1.807, 2.05) is 43.5 Å². The monoisotopic (exact) mass is 341 g/mol. The Bertz CT molecular complexity index is 732. The van der Waals surface area contributed by atoms with Crippen molar-refractivity contribution in [2.75, 3.05) is 19.7 Å². The number of morpholine rings is 1. The van der Waals surface area contributed by atoms with Gasteiger partial charge in [-0.1, -0.05) is 23.4 Å². The van der Waals surface area contributed by atoms with Gasteiger partial charge in [-0.25, -0.2) is 4.68 Å². The van der Waals surface area contributed by atoms with Crippen LogP contribution in [0.4, 0.5) is 0 Å². The fraction of sp³-hybridized carbons (Fsp3) is 0.500. The maximum atomic E-state index is 12.5. The maximum Gasteiger partial charge on any atom is 0.250 e. The average Bonchev–Trinajstić information content (AvgIpc) is 3.31. The zero-order valence-electron chi connectivity index (χ0n) is 14.3. The summed E-state index contributed by atoms with van der Waals surface area (Å²) in [6, 6.07) is 10.1. The molecule has 2 aliphatic rings. The van der Waals surface area contributed by atoms with Gasteiger partial charge in [0.1, 0.15) is 11.8 Å². The predicted octanol–water partition coefficient (Wildman–Crippen LogP) is 1.31. The van der Waals surface area contributed by atoms with Crippen molar-refractivity contribution in [2.24, 2.45) is 0 Å². The smallest absolute Gasteiger partial charge is 0.250 e. The van der Waals surface area contributed by atoms with Crippen LogP contribution >= 0.6 is 0 Å². The van der Waals surface area contributed by atoms with Crippen LogP contribution in [0.3, 0.4) is 0 Å². The Kier molecular flexibility index (Phi) is 4.50. The van der Waals surface area contributed by atoms with E-state index in [-0.39, 0.29) is 11.9 Å². The standard InChI is InChI=1S/C18H23N5O2/c1-13(16-10-23(21-20-16)14-6-3-2-4-7-14)19-18(24)17-11-22-9-5-8-15(22)12-25-17/h2-4,6-7,10,13,15,17H,5,8-9,11-12H2,1H3,(H,19,24)/t13?,15-,17+/m0/s1. The van der Waals surface area contributed by atoms with Crippen LogP contribution in [0, 0.1) is 0 Å². The lowest BCUT2D eigenvalue weighted by Crippen LogP contribution is -2.52. The molecule has 1 amide bonds. The van der Waals surface area contributed by atoms with Crippen LogP contribution in [0.25, 0.3) is 5.69 Å². The van der Waals surface area contributed by atoms with E-state index in [1.54, 1.807) is 4.68 Å². The van der Waals surface area contributed by atoms with E-state index < -0.39 is 6.10 Å². The lowest BCUT2D eigenvalue weighted by atomic mass is 10.1. The molecule has 0 aliphatic carbocycles. The topological polar surface area (TPSA) is 72.3 Å². The van der Waals surface area contributed by atoms with Gasteiger partial charge in [-0.2, -0.15) is 0 Å². The summed E-state index contributed by atoms with van der Waals surface area (Å²) in [6.07, 6.45) is 3.81. The van der Waals surface area contributed by atoms with E-state index >= 15 is 0 Å². The average molecular weight is 341 g/mol. The Hall–Kier alpha value is -2.25. The fourth-order valence-electron chi connectivity index (χ4n) is 3.54. The second kappa shape index (κ2) is 6.93. The molecule has 0 radical (unpaired) electrons. The molecule has 1 unspecified atom stereocenters. The van der Waals surface area contributed by atoms with Crippen molar-refractivity contribution in [1.82, 2.24) is 25.2 Å². The number of fused-ring (bicyclic) bond motifs is 1. The van der Waals surface area contributed by atoms with Crippen LogP contribution < -0.4 is 5.32 Å². The first-order valence-electron chi connectivity index (χ1n) is 8.84. The highest BCUT2D eigenvalue weighted by Gasteiger charge is 2.35. The summed E-state index contributed by atoms with van der Waals surface area (Å²) in [5.41, 5.74) is 1.67. The number of nitrogens with one attached hydrogen (secondary N) is 1. The number of carbonyl (C=O) groups is 1. The molecule has 1 aromatic carbocycles. The molecule has 2 saturated heterocycles. The number of rotatable bonds is 4. The molecule has 3 heterocycles. The van der Waals surface area contributed by atoms with Crippen LogP contribution in [0.1, 0.15) is 31.5 Å². The molecule has 7 heteroatoms. The Labute approximate surface area is 147 Å². The third kappa shape index (κ3) is 3.43. The quantitative estimate of drug-likeness (QED) is 0.908. The fourth-order valence-corrected chi connectivity index (χ4v) is 3.54. The number of amides is 1. The summed E-state index contributed by atoms with van der Waals surface area (Å²) in [7, 11) is 0. The van der Waals surface area contributed by atoms with E-state index in [9.17, 15) is 4.79 Å². The highest BCUT2D eigenvalue weighted by molar-refractivity contribution is 5.81. The van der Waals surface area contributed by atoms with Gasteiger partial charge in [-0.05, 0) is 38.4 Å². The molecule has 2 aliphatic heterocycles. The summed E-state index contributed by atoms with van der Waals surface area (Å²) in [5.74, 6) is -0.0767.